The van der Waals surface area contributed by atoms with Gasteiger partial charge in [-0.3, -0.25) is 0 Å². The van der Waals surface area contributed by atoms with E-state index in [1.807, 2.05) is 0 Å². The lowest BCUT2D eigenvalue weighted by Crippen LogP contribution is -2.23. The van der Waals surface area contributed by atoms with Crippen LogP contribution in [-0.4, -0.2) is 8.07 Å². The van der Waals surface area contributed by atoms with Crippen molar-refractivity contribution in [2.45, 2.75) is 25.8 Å². The van der Waals surface area contributed by atoms with Crippen LogP contribution in [0.5, 0.6) is 0 Å². The average molecular weight is 270 g/mol. The summed E-state index contributed by atoms with van der Waals surface area (Å²) in [5.41, 5.74) is 0.802. The Morgan fingerprint density at radius 3 is 1.78 bits per heavy atom. The molecule has 0 saturated carbocycles. The molecule has 1 aromatic carbocycles. The van der Waals surface area contributed by atoms with E-state index in [1.165, 1.54) is 12.1 Å². The summed E-state index contributed by atoms with van der Waals surface area (Å²) in [7, 11) is -1.57. The van der Waals surface area contributed by atoms with Gasteiger partial charge in [0, 0.05) is 0 Å². The van der Waals surface area contributed by atoms with E-state index in [1.54, 1.807) is 0 Å². The lowest BCUT2D eigenvalue weighted by atomic mass is 10.1. The summed E-state index contributed by atoms with van der Waals surface area (Å²) in [6, 6.07) is 5.07. The molecule has 18 heavy (non-hydrogen) atoms. The van der Waals surface area contributed by atoms with Crippen LogP contribution in [0, 0.1) is 0 Å². The van der Waals surface area contributed by atoms with Gasteiger partial charge in [-0.2, -0.15) is 13.2 Å². The first kappa shape index (κ1) is 14.8. The van der Waals surface area contributed by atoms with Crippen molar-refractivity contribution < 1.29 is 13.2 Å². The highest BCUT2D eigenvalue weighted by Gasteiger charge is 2.30. The second-order valence-electron chi connectivity index (χ2n) is 5.28. The first-order chi connectivity index (χ1) is 8.03. The lowest BCUT2D eigenvalue weighted by Gasteiger charge is -2.22. The fourth-order valence-electron chi connectivity index (χ4n) is 1.49. The highest BCUT2D eigenvalue weighted by atomic mass is 28.3. The second kappa shape index (κ2) is 4.76. The zero-order valence-corrected chi connectivity index (χ0v) is 11.9. The molecule has 0 saturated heterocycles. The minimum atomic E-state index is -4.30. The molecule has 0 aliphatic carbocycles. The van der Waals surface area contributed by atoms with Crippen LogP contribution >= 0.6 is 0 Å². The highest BCUT2D eigenvalue weighted by Crippen LogP contribution is 2.32. The number of allylic oxidation sites excluding steroid dienone is 2. The smallest absolute Gasteiger partial charge is 0.166 e. The summed E-state index contributed by atoms with van der Waals surface area (Å²) >= 11 is 0. The van der Waals surface area contributed by atoms with E-state index in [-0.39, 0.29) is 0 Å². The molecule has 0 aromatic heterocycles. The Bertz CT molecular complexity index is 461. The fraction of sp³-hybridized carbons (Fsp3) is 0.286. The third-order valence-electron chi connectivity index (χ3n) is 2.83. The molecule has 0 aliphatic heterocycles. The lowest BCUT2D eigenvalue weighted by molar-refractivity contribution is -0.137. The van der Waals surface area contributed by atoms with E-state index in [0.717, 1.165) is 22.9 Å². The topological polar surface area (TPSA) is 0 Å². The Labute approximate surface area is 107 Å². The maximum absolute atomic E-state index is 12.4. The summed E-state index contributed by atoms with van der Waals surface area (Å²) in [6.45, 7) is 14.3. The number of hydrogen-bond acceptors (Lipinski definition) is 0. The van der Waals surface area contributed by atoms with Crippen LogP contribution in [-0.2, 0) is 6.18 Å². The minimum Gasteiger partial charge on any atom is -0.166 e. The van der Waals surface area contributed by atoms with Crippen LogP contribution in [0.2, 0.25) is 19.6 Å². The molecule has 0 aliphatic rings. The Hall–Kier alpha value is -1.29. The quantitative estimate of drug-likeness (QED) is 0.526. The Morgan fingerprint density at radius 1 is 1.00 bits per heavy atom. The summed E-state index contributed by atoms with van der Waals surface area (Å²) < 4.78 is 37.3. The molecule has 98 valence electrons. The van der Waals surface area contributed by atoms with Crippen LogP contribution in [0.15, 0.2) is 42.6 Å². The molecule has 0 fully saturated rings. The zero-order chi connectivity index (χ0) is 14.1. The van der Waals surface area contributed by atoms with E-state index < -0.39 is 19.8 Å². The molecule has 4 heteroatoms. The predicted molar refractivity (Wildman–Crippen MR) is 73.0 cm³/mol. The number of alkyl halides is 3. The minimum absolute atomic E-state index is 0.641. The Balaban J connectivity index is 3.00. The molecule has 0 atom stereocenters. The van der Waals surface area contributed by atoms with Gasteiger partial charge >= 0.3 is 6.18 Å². The molecule has 1 aromatic rings. The number of halogens is 3. The van der Waals surface area contributed by atoms with Crippen molar-refractivity contribution in [3.63, 3.8) is 0 Å². The van der Waals surface area contributed by atoms with E-state index in [0.29, 0.717) is 5.56 Å². The van der Waals surface area contributed by atoms with Crippen molar-refractivity contribution in [3.05, 3.63) is 53.7 Å². The van der Waals surface area contributed by atoms with Gasteiger partial charge in [-0.15, -0.1) is 0 Å². The molecule has 0 nitrogen and oxygen atoms in total. The number of benzene rings is 1. The fourth-order valence-corrected chi connectivity index (χ4v) is 2.54. The second-order valence-corrected chi connectivity index (χ2v) is 10.4. The molecule has 0 unspecified atom stereocenters. The third kappa shape index (κ3) is 3.35. The van der Waals surface area contributed by atoms with E-state index in [4.69, 9.17) is 0 Å². The van der Waals surface area contributed by atoms with Crippen molar-refractivity contribution in [1.82, 2.24) is 0 Å². The van der Waals surface area contributed by atoms with E-state index in [2.05, 4.69) is 32.8 Å². The standard InChI is InChI=1S/C14H17F3Si/c1-10(11(2)18(3,4)5)12-6-8-13(9-7-12)14(15,16)17/h6-9H,1-2H2,3-5H3. The number of rotatable bonds is 3. The molecular weight excluding hydrogens is 253 g/mol. The SMILES string of the molecule is C=C(C(=C)[Si](C)(C)C)c1ccc(C(F)(F)F)cc1. The molecule has 0 amide bonds. The monoisotopic (exact) mass is 270 g/mol. The van der Waals surface area contributed by atoms with Crippen molar-refractivity contribution in [3.8, 4) is 0 Å². The van der Waals surface area contributed by atoms with Gasteiger partial charge in [0.1, 0.15) is 0 Å². The van der Waals surface area contributed by atoms with E-state index in [9.17, 15) is 13.2 Å². The van der Waals surface area contributed by atoms with Crippen molar-refractivity contribution in [1.29, 1.82) is 0 Å². The van der Waals surface area contributed by atoms with Crippen molar-refractivity contribution in [2.75, 3.05) is 0 Å². The van der Waals surface area contributed by atoms with Gasteiger partial charge in [0.2, 0.25) is 0 Å². The van der Waals surface area contributed by atoms with Gasteiger partial charge < -0.3 is 0 Å². The molecule has 0 heterocycles. The van der Waals surface area contributed by atoms with Gasteiger partial charge in [-0.1, -0.05) is 50.1 Å². The Kier molecular flexibility index (Phi) is 3.91. The van der Waals surface area contributed by atoms with Gasteiger partial charge in [-0.05, 0) is 23.3 Å². The van der Waals surface area contributed by atoms with Crippen molar-refractivity contribution >= 4 is 13.6 Å². The summed E-state index contributed by atoms with van der Waals surface area (Å²) in [4.78, 5) is 0. The molecular formula is C14H17F3Si. The summed E-state index contributed by atoms with van der Waals surface area (Å²) in [5.74, 6) is 0. The first-order valence-electron chi connectivity index (χ1n) is 5.60. The van der Waals surface area contributed by atoms with Crippen LogP contribution in [0.3, 0.4) is 0 Å². The van der Waals surface area contributed by atoms with Crippen molar-refractivity contribution in [2.24, 2.45) is 0 Å². The molecule has 0 N–H and O–H groups in total. The normalized spacial score (nSPS) is 12.3. The molecule has 0 bridgehead atoms. The van der Waals surface area contributed by atoms with Gasteiger partial charge in [-0.25, -0.2) is 0 Å². The van der Waals surface area contributed by atoms with Crippen LogP contribution in [0.4, 0.5) is 13.2 Å². The molecule has 1 rings (SSSR count). The van der Waals surface area contributed by atoms with Crippen LogP contribution in [0.25, 0.3) is 5.57 Å². The number of hydrogen-bond donors (Lipinski definition) is 0. The predicted octanol–water partition coefficient (Wildman–Crippen LogP) is 5.15. The van der Waals surface area contributed by atoms with Crippen LogP contribution in [0.1, 0.15) is 11.1 Å². The zero-order valence-electron chi connectivity index (χ0n) is 10.9. The van der Waals surface area contributed by atoms with Gasteiger partial charge in [0.15, 0.2) is 0 Å². The van der Waals surface area contributed by atoms with Crippen LogP contribution < -0.4 is 0 Å². The maximum atomic E-state index is 12.4. The summed E-state index contributed by atoms with van der Waals surface area (Å²) in [6.07, 6.45) is -4.30. The molecule has 0 spiro atoms. The largest absolute Gasteiger partial charge is 0.416 e. The Morgan fingerprint density at radius 2 is 1.44 bits per heavy atom. The third-order valence-corrected chi connectivity index (χ3v) is 4.94. The summed E-state index contributed by atoms with van der Waals surface area (Å²) in [5, 5.41) is 0.960. The van der Waals surface area contributed by atoms with Gasteiger partial charge in [0.25, 0.3) is 0 Å². The van der Waals surface area contributed by atoms with Gasteiger partial charge in [0.05, 0.1) is 13.6 Å². The maximum Gasteiger partial charge on any atom is 0.416 e. The first-order valence-corrected chi connectivity index (χ1v) is 9.10. The highest BCUT2D eigenvalue weighted by molar-refractivity contribution is 6.85. The average Bonchev–Trinajstić information content (AvgIpc) is 2.25. The molecule has 0 radical (unpaired) electrons. The van der Waals surface area contributed by atoms with E-state index >= 15 is 0 Å².